The van der Waals surface area contributed by atoms with E-state index in [1.54, 1.807) is 24.4 Å². The Hall–Kier alpha value is -1.82. The first kappa shape index (κ1) is 12.6. The standard InChI is InChI=1S/C12H12BrN3O2/c1-16(2)11-6-3-8(7-14-11)15-12(17)9-4-5-10(13)18-9/h3-7H,1-2H3,(H,15,17). The first-order chi connectivity index (χ1) is 8.56. The van der Waals surface area contributed by atoms with Crippen LogP contribution in [0.4, 0.5) is 11.5 Å². The molecule has 2 heterocycles. The molecule has 0 spiro atoms. The second-order valence-corrected chi connectivity index (χ2v) is 4.64. The summed E-state index contributed by atoms with van der Waals surface area (Å²) < 4.78 is 5.68. The van der Waals surface area contributed by atoms with Gasteiger partial charge in [-0.2, -0.15) is 0 Å². The fourth-order valence-electron chi connectivity index (χ4n) is 1.35. The van der Waals surface area contributed by atoms with Gasteiger partial charge in [0.1, 0.15) is 5.82 Å². The first-order valence-corrected chi connectivity index (χ1v) is 6.05. The highest BCUT2D eigenvalue weighted by molar-refractivity contribution is 9.10. The second-order valence-electron chi connectivity index (χ2n) is 3.86. The van der Waals surface area contributed by atoms with Crippen molar-refractivity contribution in [2.24, 2.45) is 0 Å². The van der Waals surface area contributed by atoms with Crippen molar-refractivity contribution < 1.29 is 9.21 Å². The van der Waals surface area contributed by atoms with E-state index in [-0.39, 0.29) is 11.7 Å². The fourth-order valence-corrected chi connectivity index (χ4v) is 1.66. The van der Waals surface area contributed by atoms with Crippen LogP contribution in [0.5, 0.6) is 0 Å². The molecule has 0 aliphatic carbocycles. The van der Waals surface area contributed by atoms with Gasteiger partial charge < -0.3 is 14.6 Å². The van der Waals surface area contributed by atoms with Gasteiger partial charge >= 0.3 is 0 Å². The Morgan fingerprint density at radius 2 is 2.11 bits per heavy atom. The lowest BCUT2D eigenvalue weighted by Gasteiger charge is -2.11. The van der Waals surface area contributed by atoms with Gasteiger partial charge in [-0.05, 0) is 40.2 Å². The zero-order chi connectivity index (χ0) is 13.1. The molecule has 0 aliphatic heterocycles. The number of nitrogens with zero attached hydrogens (tertiary/aromatic N) is 2. The summed E-state index contributed by atoms with van der Waals surface area (Å²) in [4.78, 5) is 17.9. The number of furan rings is 1. The maximum Gasteiger partial charge on any atom is 0.291 e. The molecule has 0 aliphatic rings. The average Bonchev–Trinajstić information content (AvgIpc) is 2.76. The average molecular weight is 310 g/mol. The number of carbonyl (C=O) groups is 1. The number of rotatable bonds is 3. The lowest BCUT2D eigenvalue weighted by Crippen LogP contribution is -2.13. The van der Waals surface area contributed by atoms with Crippen LogP contribution in [0.2, 0.25) is 0 Å². The normalized spacial score (nSPS) is 10.2. The lowest BCUT2D eigenvalue weighted by atomic mass is 10.3. The molecule has 0 saturated carbocycles. The molecule has 1 N–H and O–H groups in total. The van der Waals surface area contributed by atoms with E-state index in [0.29, 0.717) is 10.4 Å². The van der Waals surface area contributed by atoms with Gasteiger partial charge in [0.2, 0.25) is 0 Å². The summed E-state index contributed by atoms with van der Waals surface area (Å²) in [5.41, 5.74) is 0.623. The van der Waals surface area contributed by atoms with Crippen LogP contribution in [-0.2, 0) is 0 Å². The largest absolute Gasteiger partial charge is 0.444 e. The Labute approximate surface area is 113 Å². The first-order valence-electron chi connectivity index (χ1n) is 5.26. The van der Waals surface area contributed by atoms with E-state index in [2.05, 4.69) is 26.2 Å². The van der Waals surface area contributed by atoms with Crippen molar-refractivity contribution in [2.75, 3.05) is 24.3 Å². The van der Waals surface area contributed by atoms with E-state index < -0.39 is 0 Å². The molecule has 6 heteroatoms. The predicted molar refractivity (Wildman–Crippen MR) is 72.9 cm³/mol. The number of amides is 1. The highest BCUT2D eigenvalue weighted by atomic mass is 79.9. The van der Waals surface area contributed by atoms with Gasteiger partial charge in [-0.25, -0.2) is 4.98 Å². The molecule has 5 nitrogen and oxygen atoms in total. The third kappa shape index (κ3) is 2.89. The minimum atomic E-state index is -0.305. The highest BCUT2D eigenvalue weighted by Crippen LogP contribution is 2.16. The molecule has 0 bridgehead atoms. The SMILES string of the molecule is CN(C)c1ccc(NC(=O)c2ccc(Br)o2)cn1. The number of aromatic nitrogens is 1. The van der Waals surface area contributed by atoms with E-state index in [0.717, 1.165) is 5.82 Å². The second kappa shape index (κ2) is 5.22. The number of carbonyl (C=O) groups excluding carboxylic acids is 1. The Balaban J connectivity index is 2.07. The van der Waals surface area contributed by atoms with Crippen molar-refractivity contribution in [3.05, 3.63) is 40.9 Å². The van der Waals surface area contributed by atoms with Crippen LogP contribution in [-0.4, -0.2) is 25.0 Å². The van der Waals surface area contributed by atoms with Crippen molar-refractivity contribution in [2.45, 2.75) is 0 Å². The number of pyridine rings is 1. The molecule has 0 aromatic carbocycles. The molecular formula is C12H12BrN3O2. The number of anilines is 2. The minimum absolute atomic E-state index is 0.249. The number of hydrogen-bond acceptors (Lipinski definition) is 4. The summed E-state index contributed by atoms with van der Waals surface area (Å²) in [5, 5.41) is 2.70. The molecule has 0 saturated heterocycles. The molecule has 1 amide bonds. The Morgan fingerprint density at radius 1 is 1.33 bits per heavy atom. The zero-order valence-electron chi connectivity index (χ0n) is 9.98. The third-order valence-electron chi connectivity index (χ3n) is 2.26. The molecule has 2 aromatic rings. The summed E-state index contributed by atoms with van der Waals surface area (Å²) in [6.07, 6.45) is 1.60. The van der Waals surface area contributed by atoms with E-state index >= 15 is 0 Å². The minimum Gasteiger partial charge on any atom is -0.444 e. The quantitative estimate of drug-likeness (QED) is 0.947. The monoisotopic (exact) mass is 309 g/mol. The molecule has 94 valence electrons. The Morgan fingerprint density at radius 3 is 2.61 bits per heavy atom. The van der Waals surface area contributed by atoms with Gasteiger partial charge in [0.25, 0.3) is 5.91 Å². The summed E-state index contributed by atoms with van der Waals surface area (Å²) in [5.74, 6) is 0.771. The van der Waals surface area contributed by atoms with Gasteiger partial charge in [-0.15, -0.1) is 0 Å². The molecule has 0 atom stereocenters. The Bertz CT molecular complexity index is 549. The van der Waals surface area contributed by atoms with E-state index in [4.69, 9.17) is 4.42 Å². The fraction of sp³-hybridized carbons (Fsp3) is 0.167. The van der Waals surface area contributed by atoms with Crippen LogP contribution in [0.1, 0.15) is 10.6 Å². The number of halogens is 1. The topological polar surface area (TPSA) is 58.4 Å². The Kier molecular flexibility index (Phi) is 3.66. The van der Waals surface area contributed by atoms with Gasteiger partial charge in [0.05, 0.1) is 11.9 Å². The van der Waals surface area contributed by atoms with E-state index in [1.807, 2.05) is 25.1 Å². The number of hydrogen-bond donors (Lipinski definition) is 1. The van der Waals surface area contributed by atoms with Crippen LogP contribution in [0.3, 0.4) is 0 Å². The number of nitrogens with one attached hydrogen (secondary N) is 1. The summed E-state index contributed by atoms with van der Waals surface area (Å²) in [7, 11) is 3.81. The van der Waals surface area contributed by atoms with Crippen LogP contribution in [0, 0.1) is 0 Å². The van der Waals surface area contributed by atoms with Crippen LogP contribution in [0.25, 0.3) is 0 Å². The van der Waals surface area contributed by atoms with Gasteiger partial charge in [0.15, 0.2) is 10.4 Å². The van der Waals surface area contributed by atoms with Crippen molar-refractivity contribution in [3.63, 3.8) is 0 Å². The summed E-state index contributed by atoms with van der Waals surface area (Å²) in [6, 6.07) is 6.88. The maximum absolute atomic E-state index is 11.8. The summed E-state index contributed by atoms with van der Waals surface area (Å²) in [6.45, 7) is 0. The lowest BCUT2D eigenvalue weighted by molar-refractivity contribution is 0.0995. The highest BCUT2D eigenvalue weighted by Gasteiger charge is 2.10. The smallest absolute Gasteiger partial charge is 0.291 e. The van der Waals surface area contributed by atoms with Crippen LogP contribution < -0.4 is 10.2 Å². The van der Waals surface area contributed by atoms with Crippen molar-refractivity contribution in [3.8, 4) is 0 Å². The van der Waals surface area contributed by atoms with E-state index in [9.17, 15) is 4.79 Å². The molecule has 18 heavy (non-hydrogen) atoms. The molecule has 0 radical (unpaired) electrons. The zero-order valence-corrected chi connectivity index (χ0v) is 11.6. The molecule has 2 aromatic heterocycles. The van der Waals surface area contributed by atoms with E-state index in [1.165, 1.54) is 0 Å². The van der Waals surface area contributed by atoms with Gasteiger partial charge in [-0.1, -0.05) is 0 Å². The predicted octanol–water partition coefficient (Wildman–Crippen LogP) is 2.76. The molecule has 2 rings (SSSR count). The van der Waals surface area contributed by atoms with Crippen molar-refractivity contribution in [1.29, 1.82) is 0 Å². The molecule has 0 unspecified atom stereocenters. The maximum atomic E-state index is 11.8. The molecular weight excluding hydrogens is 298 g/mol. The van der Waals surface area contributed by atoms with Crippen molar-refractivity contribution >= 4 is 33.3 Å². The van der Waals surface area contributed by atoms with Crippen LogP contribution in [0.15, 0.2) is 39.5 Å². The molecule has 0 fully saturated rings. The summed E-state index contributed by atoms with van der Waals surface area (Å²) >= 11 is 3.15. The van der Waals surface area contributed by atoms with Crippen LogP contribution >= 0.6 is 15.9 Å². The third-order valence-corrected chi connectivity index (χ3v) is 2.69. The van der Waals surface area contributed by atoms with Crippen molar-refractivity contribution in [1.82, 2.24) is 4.98 Å². The van der Waals surface area contributed by atoms with Gasteiger partial charge in [0, 0.05) is 14.1 Å². The van der Waals surface area contributed by atoms with Gasteiger partial charge in [-0.3, -0.25) is 4.79 Å².